The Balaban J connectivity index is 2.34. The molecule has 2 aromatic rings. The molecule has 0 aliphatic rings. The van der Waals surface area contributed by atoms with Crippen molar-refractivity contribution in [1.29, 1.82) is 0 Å². The van der Waals surface area contributed by atoms with Crippen LogP contribution in [0.5, 0.6) is 0 Å². The molecule has 0 saturated carbocycles. The molecule has 29 heavy (non-hydrogen) atoms. The van der Waals surface area contributed by atoms with Crippen molar-refractivity contribution in [2.45, 2.75) is 51.1 Å². The highest BCUT2D eigenvalue weighted by molar-refractivity contribution is 7.89. The molecule has 0 aliphatic heterocycles. The summed E-state index contributed by atoms with van der Waals surface area (Å²) >= 11 is 0. The molecule has 2 rings (SSSR count). The smallest absolute Gasteiger partial charge is 0.241 e. The molecule has 6 nitrogen and oxygen atoms in total. The molecule has 2 aromatic carbocycles. The maximum atomic E-state index is 13.2. The van der Waals surface area contributed by atoms with Crippen LogP contribution in [0.15, 0.2) is 47.4 Å². The molecule has 2 N–H and O–H groups in total. The summed E-state index contributed by atoms with van der Waals surface area (Å²) in [5, 5.41) is 2.82. The average Bonchev–Trinajstić information content (AvgIpc) is 2.60. The molecule has 0 fully saturated rings. The van der Waals surface area contributed by atoms with Gasteiger partial charge in [0.05, 0.1) is 11.5 Å². The van der Waals surface area contributed by atoms with Crippen molar-refractivity contribution >= 4 is 15.9 Å². The lowest BCUT2D eigenvalue weighted by molar-refractivity contribution is -0.123. The number of carbonyl (C=O) groups is 1. The molecule has 0 aromatic heterocycles. The lowest BCUT2D eigenvalue weighted by atomic mass is 10.1. The predicted octanol–water partition coefficient (Wildman–Crippen LogP) is 2.65. The maximum Gasteiger partial charge on any atom is 0.241 e. The molecule has 1 amide bonds. The largest absolute Gasteiger partial charge is 0.383 e. The zero-order chi connectivity index (χ0) is 21.6. The number of benzene rings is 2. The molecule has 7 heteroatoms. The van der Waals surface area contributed by atoms with E-state index in [0.29, 0.717) is 17.7 Å². The standard InChI is InChI=1S/C22H30N2O4S/c1-15-11-16(2)21(17(3)12-15)29(26,27)24-20(13-19-9-7-6-8-10-19)22(25)23-18(4)14-28-5/h6-12,18,20,24H,13-14H2,1-5H3,(H,23,25). The van der Waals surface area contributed by atoms with E-state index in [4.69, 9.17) is 4.74 Å². The Morgan fingerprint density at radius 1 is 1.07 bits per heavy atom. The van der Waals surface area contributed by atoms with Crippen molar-refractivity contribution in [3.05, 3.63) is 64.7 Å². The van der Waals surface area contributed by atoms with E-state index in [1.54, 1.807) is 21.0 Å². The van der Waals surface area contributed by atoms with E-state index >= 15 is 0 Å². The molecule has 158 valence electrons. The molecule has 0 bridgehead atoms. The SMILES string of the molecule is COCC(C)NC(=O)C(Cc1ccccc1)NS(=O)(=O)c1c(C)cc(C)cc1C. The number of carbonyl (C=O) groups excluding carboxylic acids is 1. The quantitative estimate of drug-likeness (QED) is 0.656. The number of amides is 1. The first kappa shape index (κ1) is 23.1. The minimum absolute atomic E-state index is 0.221. The number of nitrogens with one attached hydrogen (secondary N) is 2. The van der Waals surface area contributed by atoms with E-state index in [2.05, 4.69) is 10.0 Å². The molecule has 2 unspecified atom stereocenters. The topological polar surface area (TPSA) is 84.5 Å². The predicted molar refractivity (Wildman–Crippen MR) is 114 cm³/mol. The fourth-order valence-corrected chi connectivity index (χ4v) is 5.16. The van der Waals surface area contributed by atoms with Crippen molar-refractivity contribution in [2.24, 2.45) is 0 Å². The Morgan fingerprint density at radius 3 is 2.21 bits per heavy atom. The molecular formula is C22H30N2O4S. The van der Waals surface area contributed by atoms with Gasteiger partial charge in [-0.2, -0.15) is 4.72 Å². The van der Waals surface area contributed by atoms with Crippen molar-refractivity contribution in [2.75, 3.05) is 13.7 Å². The van der Waals surface area contributed by atoms with Crippen LogP contribution in [0, 0.1) is 20.8 Å². The van der Waals surface area contributed by atoms with E-state index in [1.807, 2.05) is 56.3 Å². The third kappa shape index (κ3) is 6.39. The minimum atomic E-state index is -3.89. The number of sulfonamides is 1. The van der Waals surface area contributed by atoms with Crippen molar-refractivity contribution in [3.8, 4) is 0 Å². The van der Waals surface area contributed by atoms with E-state index in [1.165, 1.54) is 0 Å². The molecule has 0 radical (unpaired) electrons. The van der Waals surface area contributed by atoms with Gasteiger partial charge in [-0.05, 0) is 50.8 Å². The van der Waals surface area contributed by atoms with Crippen LogP contribution in [0.25, 0.3) is 0 Å². The van der Waals surface area contributed by atoms with Crippen LogP contribution in [0.1, 0.15) is 29.2 Å². The van der Waals surface area contributed by atoms with Crippen LogP contribution < -0.4 is 10.0 Å². The summed E-state index contributed by atoms with van der Waals surface area (Å²) in [6.45, 7) is 7.60. The van der Waals surface area contributed by atoms with E-state index in [0.717, 1.165) is 11.1 Å². The Morgan fingerprint density at radius 2 is 1.66 bits per heavy atom. The summed E-state index contributed by atoms with van der Waals surface area (Å²) in [4.78, 5) is 13.1. The first-order valence-electron chi connectivity index (χ1n) is 9.57. The highest BCUT2D eigenvalue weighted by Gasteiger charge is 2.29. The van der Waals surface area contributed by atoms with Gasteiger partial charge in [-0.15, -0.1) is 0 Å². The Bertz CT molecular complexity index is 920. The molecule has 0 saturated heterocycles. The van der Waals surface area contributed by atoms with Gasteiger partial charge in [0.25, 0.3) is 0 Å². The molecule has 2 atom stereocenters. The molecule has 0 aliphatic carbocycles. The minimum Gasteiger partial charge on any atom is -0.383 e. The van der Waals surface area contributed by atoms with Crippen LogP contribution >= 0.6 is 0 Å². The Kier molecular flexibility index (Phi) is 7.96. The summed E-state index contributed by atoms with van der Waals surface area (Å²) in [6, 6.07) is 11.8. The normalized spacial score (nSPS) is 13.7. The maximum absolute atomic E-state index is 13.2. The highest BCUT2D eigenvalue weighted by atomic mass is 32.2. The van der Waals surface area contributed by atoms with Crippen LogP contribution in [0.3, 0.4) is 0 Å². The van der Waals surface area contributed by atoms with E-state index < -0.39 is 16.1 Å². The zero-order valence-corrected chi connectivity index (χ0v) is 18.5. The van der Waals surface area contributed by atoms with Crippen LogP contribution in [0.4, 0.5) is 0 Å². The van der Waals surface area contributed by atoms with Gasteiger partial charge in [0.1, 0.15) is 6.04 Å². The Hall–Kier alpha value is -2.22. The summed E-state index contributed by atoms with van der Waals surface area (Å²) in [7, 11) is -2.34. The summed E-state index contributed by atoms with van der Waals surface area (Å²) < 4.78 is 34.1. The highest BCUT2D eigenvalue weighted by Crippen LogP contribution is 2.22. The third-order valence-electron chi connectivity index (χ3n) is 4.58. The number of aryl methyl sites for hydroxylation is 3. The van der Waals surface area contributed by atoms with Gasteiger partial charge in [0, 0.05) is 13.2 Å². The van der Waals surface area contributed by atoms with E-state index in [-0.39, 0.29) is 23.3 Å². The number of hydrogen-bond donors (Lipinski definition) is 2. The van der Waals surface area contributed by atoms with Gasteiger partial charge in [-0.3, -0.25) is 4.79 Å². The third-order valence-corrected chi connectivity index (χ3v) is 6.35. The van der Waals surface area contributed by atoms with Crippen molar-refractivity contribution < 1.29 is 17.9 Å². The van der Waals surface area contributed by atoms with Gasteiger partial charge < -0.3 is 10.1 Å². The average molecular weight is 419 g/mol. The number of ether oxygens (including phenoxy) is 1. The lowest BCUT2D eigenvalue weighted by Gasteiger charge is -2.22. The van der Waals surface area contributed by atoms with Crippen molar-refractivity contribution in [1.82, 2.24) is 10.0 Å². The van der Waals surface area contributed by atoms with Gasteiger partial charge in [-0.1, -0.05) is 48.0 Å². The lowest BCUT2D eigenvalue weighted by Crippen LogP contribution is -2.51. The van der Waals surface area contributed by atoms with Crippen LogP contribution in [-0.2, 0) is 26.0 Å². The van der Waals surface area contributed by atoms with E-state index in [9.17, 15) is 13.2 Å². The van der Waals surface area contributed by atoms with Crippen molar-refractivity contribution in [3.63, 3.8) is 0 Å². The van der Waals surface area contributed by atoms with Gasteiger partial charge in [0.15, 0.2) is 0 Å². The monoisotopic (exact) mass is 418 g/mol. The molecular weight excluding hydrogens is 388 g/mol. The zero-order valence-electron chi connectivity index (χ0n) is 17.7. The second-order valence-corrected chi connectivity index (χ2v) is 9.11. The number of rotatable bonds is 9. The first-order chi connectivity index (χ1) is 13.6. The fourth-order valence-electron chi connectivity index (χ4n) is 3.51. The number of hydrogen-bond acceptors (Lipinski definition) is 4. The van der Waals surface area contributed by atoms with Gasteiger partial charge in [-0.25, -0.2) is 8.42 Å². The fraction of sp³-hybridized carbons (Fsp3) is 0.409. The van der Waals surface area contributed by atoms with Crippen LogP contribution in [-0.4, -0.2) is 40.1 Å². The van der Waals surface area contributed by atoms with Crippen LogP contribution in [0.2, 0.25) is 0 Å². The second kappa shape index (κ2) is 10.0. The molecule has 0 spiro atoms. The van der Waals surface area contributed by atoms with Gasteiger partial charge >= 0.3 is 0 Å². The summed E-state index contributed by atoms with van der Waals surface area (Å²) in [6.07, 6.45) is 0.246. The first-order valence-corrected chi connectivity index (χ1v) is 11.1. The molecule has 0 heterocycles. The summed E-state index contributed by atoms with van der Waals surface area (Å²) in [5.41, 5.74) is 3.17. The number of methoxy groups -OCH3 is 1. The van der Waals surface area contributed by atoms with Gasteiger partial charge in [0.2, 0.25) is 15.9 Å². The second-order valence-electron chi connectivity index (χ2n) is 7.46. The summed E-state index contributed by atoms with van der Waals surface area (Å²) in [5.74, 6) is -0.385. The Labute approximate surface area is 173 Å².